The zero-order chi connectivity index (χ0) is 34.9. The number of fused-ring (bicyclic) bond motifs is 8. The number of nitrogens with one attached hydrogen (secondary N) is 1. The van der Waals surface area contributed by atoms with Crippen molar-refractivity contribution in [3.05, 3.63) is 188 Å². The molecule has 1 unspecified atom stereocenters. The summed E-state index contributed by atoms with van der Waals surface area (Å²) in [7, 11) is 0. The largest absolute Gasteiger partial charge is 0.368 e. The second kappa shape index (κ2) is 12.3. The lowest BCUT2D eigenvalue weighted by atomic mass is 9.98. The molecule has 3 heterocycles. The first kappa shape index (κ1) is 30.5. The molecule has 0 spiro atoms. The molecule has 10 aromatic rings. The van der Waals surface area contributed by atoms with Gasteiger partial charge in [-0.2, -0.15) is 0 Å². The highest BCUT2D eigenvalue weighted by Crippen LogP contribution is 2.53. The molecule has 4 heteroatoms. The molecular weight excluding hydrogens is 681 g/mol. The molecule has 2 aromatic heterocycles. The van der Waals surface area contributed by atoms with Crippen LogP contribution in [0.2, 0.25) is 0 Å². The van der Waals surface area contributed by atoms with Gasteiger partial charge < -0.3 is 9.88 Å². The summed E-state index contributed by atoms with van der Waals surface area (Å²) in [5.74, 6) is 0. The molecule has 53 heavy (non-hydrogen) atoms. The number of thioether (sulfide) groups is 1. The standard InChI is InChI=1S/C49H32N2S2/c1-3-10-31(11-4-1)33-22-25-37(26-23-33)51-41-16-8-7-14-39(41)46-38(15-9-17-42(46)51)34-18-20-35(21-19-34)49-50-48-44(53-49)29-28-43-47(48)40-27-24-36(30-45(40)52-43)32-12-5-2-6-13-32/h1-30,49-50H. The minimum atomic E-state index is 0.153. The Morgan fingerprint density at radius 1 is 0.453 bits per heavy atom. The number of rotatable bonds is 5. The summed E-state index contributed by atoms with van der Waals surface area (Å²) in [6.07, 6.45) is 0. The van der Waals surface area contributed by atoms with E-state index in [1.165, 1.54) is 91.5 Å². The lowest BCUT2D eigenvalue weighted by Crippen LogP contribution is -2.01. The van der Waals surface area contributed by atoms with Crippen molar-refractivity contribution in [2.24, 2.45) is 0 Å². The van der Waals surface area contributed by atoms with Gasteiger partial charge >= 0.3 is 0 Å². The highest BCUT2D eigenvalue weighted by atomic mass is 32.2. The average Bonchev–Trinajstić information content (AvgIpc) is 3.93. The molecule has 0 bridgehead atoms. The molecule has 1 aliphatic heterocycles. The minimum Gasteiger partial charge on any atom is -0.368 e. The molecule has 11 rings (SSSR count). The summed E-state index contributed by atoms with van der Waals surface area (Å²) >= 11 is 3.80. The summed E-state index contributed by atoms with van der Waals surface area (Å²) < 4.78 is 5.06. The summed E-state index contributed by atoms with van der Waals surface area (Å²) in [4.78, 5) is 1.31. The molecule has 2 nitrogen and oxygen atoms in total. The Balaban J connectivity index is 0.933. The molecular formula is C49H32N2S2. The Labute approximate surface area is 316 Å². The van der Waals surface area contributed by atoms with Crippen LogP contribution in [0.1, 0.15) is 10.9 Å². The Hall–Kier alpha value is -6.07. The average molecular weight is 713 g/mol. The van der Waals surface area contributed by atoms with Crippen molar-refractivity contribution in [1.29, 1.82) is 0 Å². The van der Waals surface area contributed by atoms with Crippen molar-refractivity contribution in [2.45, 2.75) is 10.3 Å². The molecule has 1 N–H and O–H groups in total. The third-order valence-electron chi connectivity index (χ3n) is 10.7. The molecule has 1 aliphatic rings. The van der Waals surface area contributed by atoms with E-state index in [0.29, 0.717) is 0 Å². The van der Waals surface area contributed by atoms with E-state index in [2.05, 4.69) is 192 Å². The van der Waals surface area contributed by atoms with Gasteiger partial charge in [0.25, 0.3) is 0 Å². The van der Waals surface area contributed by atoms with Gasteiger partial charge in [-0.3, -0.25) is 0 Å². The Morgan fingerprint density at radius 3 is 1.91 bits per heavy atom. The van der Waals surface area contributed by atoms with Gasteiger partial charge in [0.2, 0.25) is 0 Å². The summed E-state index contributed by atoms with van der Waals surface area (Å²) in [5.41, 5.74) is 13.6. The Morgan fingerprint density at radius 2 is 1.11 bits per heavy atom. The van der Waals surface area contributed by atoms with Gasteiger partial charge in [-0.05, 0) is 81.4 Å². The fraction of sp³-hybridized carbons (Fsp3) is 0.0204. The highest BCUT2D eigenvalue weighted by Gasteiger charge is 2.26. The van der Waals surface area contributed by atoms with E-state index in [4.69, 9.17) is 0 Å². The maximum atomic E-state index is 3.93. The lowest BCUT2D eigenvalue weighted by Gasteiger charge is -2.13. The second-order valence-electron chi connectivity index (χ2n) is 13.7. The van der Waals surface area contributed by atoms with Gasteiger partial charge in [0.05, 0.1) is 16.7 Å². The lowest BCUT2D eigenvalue weighted by molar-refractivity contribution is 1.14. The van der Waals surface area contributed by atoms with Gasteiger partial charge in [0.1, 0.15) is 5.37 Å². The van der Waals surface area contributed by atoms with Gasteiger partial charge in [0.15, 0.2) is 0 Å². The Kier molecular flexibility index (Phi) is 7.07. The predicted octanol–water partition coefficient (Wildman–Crippen LogP) is 14.4. The van der Waals surface area contributed by atoms with Crippen LogP contribution in [0.3, 0.4) is 0 Å². The van der Waals surface area contributed by atoms with Crippen molar-refractivity contribution in [1.82, 2.24) is 4.57 Å². The number of hydrogen-bond donors (Lipinski definition) is 1. The molecule has 0 radical (unpaired) electrons. The first-order chi connectivity index (χ1) is 26.3. The topological polar surface area (TPSA) is 17.0 Å². The Bertz CT molecular complexity index is 2980. The predicted molar refractivity (Wildman–Crippen MR) is 229 cm³/mol. The van der Waals surface area contributed by atoms with Crippen molar-refractivity contribution >= 4 is 70.8 Å². The van der Waals surface area contributed by atoms with Crippen LogP contribution >= 0.6 is 23.1 Å². The molecule has 1 atom stereocenters. The van der Waals surface area contributed by atoms with E-state index in [9.17, 15) is 0 Å². The van der Waals surface area contributed by atoms with E-state index in [1.807, 2.05) is 23.1 Å². The molecule has 0 saturated carbocycles. The SMILES string of the molecule is c1ccc(-c2ccc(-n3c4ccccc4c4c(-c5ccc(C6Nc7c(ccc8sc9cc(-c%10ccccc%10)ccc9c78)S6)cc5)cccc43)cc2)cc1. The van der Waals surface area contributed by atoms with E-state index >= 15 is 0 Å². The first-order valence-electron chi connectivity index (χ1n) is 18.0. The van der Waals surface area contributed by atoms with Crippen LogP contribution < -0.4 is 5.32 Å². The van der Waals surface area contributed by atoms with Gasteiger partial charge in [-0.25, -0.2) is 0 Å². The van der Waals surface area contributed by atoms with Gasteiger partial charge in [-0.15, -0.1) is 11.3 Å². The third-order valence-corrected chi connectivity index (χ3v) is 13.0. The summed E-state index contributed by atoms with van der Waals surface area (Å²) in [6.45, 7) is 0. The van der Waals surface area contributed by atoms with E-state index in [-0.39, 0.29) is 5.37 Å². The fourth-order valence-electron chi connectivity index (χ4n) is 8.15. The van der Waals surface area contributed by atoms with Gasteiger partial charge in [0, 0.05) is 41.5 Å². The van der Waals surface area contributed by atoms with E-state index in [0.717, 1.165) is 5.69 Å². The minimum absolute atomic E-state index is 0.153. The molecule has 0 aliphatic carbocycles. The summed E-state index contributed by atoms with van der Waals surface area (Å²) in [5, 5.41) is 9.30. The van der Waals surface area contributed by atoms with Crippen molar-refractivity contribution in [2.75, 3.05) is 5.32 Å². The molecule has 0 amide bonds. The molecule has 0 fully saturated rings. The van der Waals surface area contributed by atoms with Crippen LogP contribution in [0.25, 0.3) is 81.0 Å². The first-order valence-corrected chi connectivity index (χ1v) is 19.7. The maximum Gasteiger partial charge on any atom is 0.103 e. The van der Waals surface area contributed by atoms with Crippen LogP contribution in [-0.4, -0.2) is 4.57 Å². The fourth-order valence-corrected chi connectivity index (χ4v) is 10.5. The summed E-state index contributed by atoms with van der Waals surface area (Å²) in [6, 6.07) is 66.5. The number of hydrogen-bond acceptors (Lipinski definition) is 3. The molecule has 0 saturated heterocycles. The second-order valence-corrected chi connectivity index (χ2v) is 16.0. The van der Waals surface area contributed by atoms with Crippen molar-refractivity contribution in [3.8, 4) is 39.1 Å². The van der Waals surface area contributed by atoms with Crippen molar-refractivity contribution in [3.63, 3.8) is 0 Å². The van der Waals surface area contributed by atoms with Crippen LogP contribution in [0, 0.1) is 0 Å². The number of benzene rings is 8. The quantitative estimate of drug-likeness (QED) is 0.191. The van der Waals surface area contributed by atoms with Crippen LogP contribution in [0.5, 0.6) is 0 Å². The highest BCUT2D eigenvalue weighted by molar-refractivity contribution is 8.00. The van der Waals surface area contributed by atoms with Crippen LogP contribution in [0.15, 0.2) is 187 Å². The third kappa shape index (κ3) is 5.02. The normalized spacial score (nSPS) is 13.9. The number of aromatic nitrogens is 1. The van der Waals surface area contributed by atoms with Gasteiger partial charge in [-0.1, -0.05) is 151 Å². The number of nitrogens with zero attached hydrogens (tertiary/aromatic N) is 1. The number of anilines is 1. The monoisotopic (exact) mass is 712 g/mol. The molecule has 250 valence electrons. The van der Waals surface area contributed by atoms with E-state index < -0.39 is 0 Å². The smallest absolute Gasteiger partial charge is 0.103 e. The number of para-hydroxylation sites is 1. The van der Waals surface area contributed by atoms with E-state index in [1.54, 1.807) is 0 Å². The maximum absolute atomic E-state index is 3.93. The van der Waals surface area contributed by atoms with Crippen LogP contribution in [0.4, 0.5) is 5.69 Å². The zero-order valence-electron chi connectivity index (χ0n) is 28.7. The zero-order valence-corrected chi connectivity index (χ0v) is 30.3. The van der Waals surface area contributed by atoms with Crippen LogP contribution in [-0.2, 0) is 0 Å². The van der Waals surface area contributed by atoms with Crippen molar-refractivity contribution < 1.29 is 0 Å². The molecule has 8 aromatic carbocycles. The number of thiophene rings is 1.